The number of amides is 1. The molecule has 2 unspecified atom stereocenters. The van der Waals surface area contributed by atoms with E-state index in [9.17, 15) is 19.9 Å². The highest BCUT2D eigenvalue weighted by molar-refractivity contribution is 6.10. The molecule has 0 spiro atoms. The van der Waals surface area contributed by atoms with Crippen LogP contribution in [0.1, 0.15) is 58.3 Å². The fourth-order valence-corrected chi connectivity index (χ4v) is 3.49. The van der Waals surface area contributed by atoms with Crippen molar-refractivity contribution >= 4 is 17.6 Å². The molecular weight excluding hydrogens is 320 g/mol. The van der Waals surface area contributed by atoms with Crippen molar-refractivity contribution < 1.29 is 19.9 Å². The third-order valence-electron chi connectivity index (χ3n) is 4.70. The molecule has 0 saturated heterocycles. The van der Waals surface area contributed by atoms with Crippen molar-refractivity contribution in [1.82, 2.24) is 4.90 Å². The molecule has 1 aliphatic rings. The number of anilines is 1. The topological polar surface area (TPSA) is 81.1 Å². The molecular formula is C19H28N2O4. The van der Waals surface area contributed by atoms with Gasteiger partial charge in [0.25, 0.3) is 0 Å². The highest BCUT2D eigenvalue weighted by atomic mass is 16.5. The van der Waals surface area contributed by atoms with Gasteiger partial charge in [-0.15, -0.1) is 0 Å². The first kappa shape index (κ1) is 19.2. The summed E-state index contributed by atoms with van der Waals surface area (Å²) < 4.78 is 0. The third kappa shape index (κ3) is 3.63. The lowest BCUT2D eigenvalue weighted by Crippen LogP contribution is -2.57. The van der Waals surface area contributed by atoms with E-state index in [4.69, 9.17) is 0 Å². The molecule has 1 aromatic rings. The largest absolute Gasteiger partial charge is 0.465 e. The summed E-state index contributed by atoms with van der Waals surface area (Å²) in [6.45, 7) is 11.4. The average Bonchev–Trinajstić information content (AvgIpc) is 2.69. The average molecular weight is 348 g/mol. The Morgan fingerprint density at radius 2 is 1.76 bits per heavy atom. The Bertz CT molecular complexity index is 673. The van der Waals surface area contributed by atoms with Gasteiger partial charge >= 0.3 is 6.09 Å². The minimum absolute atomic E-state index is 0.174. The minimum atomic E-state index is -1.03. The number of hydroxylamine groups is 1. The molecule has 2 N–H and O–H groups in total. The Morgan fingerprint density at radius 3 is 2.20 bits per heavy atom. The molecule has 0 bridgehead atoms. The molecule has 0 aliphatic carbocycles. The van der Waals surface area contributed by atoms with Crippen molar-refractivity contribution in [2.24, 2.45) is 5.41 Å². The number of nitrogens with zero attached hydrogens (tertiary/aromatic N) is 2. The smallest absolute Gasteiger partial charge is 0.408 e. The molecule has 2 rings (SSSR count). The van der Waals surface area contributed by atoms with Crippen LogP contribution in [0.5, 0.6) is 0 Å². The van der Waals surface area contributed by atoms with Crippen LogP contribution in [0, 0.1) is 5.41 Å². The Labute approximate surface area is 149 Å². The summed E-state index contributed by atoms with van der Waals surface area (Å²) in [5.41, 5.74) is -0.0803. The van der Waals surface area contributed by atoms with Gasteiger partial charge in [0.2, 0.25) is 0 Å². The molecule has 1 aliphatic heterocycles. The third-order valence-corrected chi connectivity index (χ3v) is 4.70. The molecule has 138 valence electrons. The number of para-hydroxylation sites is 1. The van der Waals surface area contributed by atoms with Gasteiger partial charge in [0.15, 0.2) is 5.78 Å². The fraction of sp³-hybridized carbons (Fsp3) is 0.579. The molecule has 1 amide bonds. The second-order valence-corrected chi connectivity index (χ2v) is 8.68. The van der Waals surface area contributed by atoms with E-state index in [-0.39, 0.29) is 12.2 Å². The number of carbonyl (C=O) groups is 2. The van der Waals surface area contributed by atoms with Crippen molar-refractivity contribution in [1.29, 1.82) is 0 Å². The van der Waals surface area contributed by atoms with Gasteiger partial charge in [-0.25, -0.2) is 9.86 Å². The maximum absolute atomic E-state index is 12.7. The van der Waals surface area contributed by atoms with Gasteiger partial charge in [0.05, 0.1) is 5.69 Å². The molecule has 0 fully saturated rings. The Hall–Kier alpha value is -2.08. The van der Waals surface area contributed by atoms with Crippen LogP contribution in [-0.2, 0) is 0 Å². The maximum atomic E-state index is 12.7. The zero-order valence-electron chi connectivity index (χ0n) is 15.8. The second-order valence-electron chi connectivity index (χ2n) is 8.68. The SMILES string of the molecule is CC(C)(C)C(CC1C(=O)c2ccccc2N1O)N(C(=O)O)C(C)(C)C. The molecule has 0 aromatic heterocycles. The van der Waals surface area contributed by atoms with Crippen molar-refractivity contribution in [3.8, 4) is 0 Å². The summed E-state index contributed by atoms with van der Waals surface area (Å²) in [6.07, 6.45) is -0.809. The van der Waals surface area contributed by atoms with Crippen molar-refractivity contribution in [3.63, 3.8) is 0 Å². The first-order chi connectivity index (χ1) is 11.4. The highest BCUT2D eigenvalue weighted by Gasteiger charge is 2.45. The summed E-state index contributed by atoms with van der Waals surface area (Å²) in [5, 5.41) is 21.3. The number of carboxylic acid groups (broad SMARTS) is 1. The van der Waals surface area contributed by atoms with Crippen molar-refractivity contribution in [3.05, 3.63) is 29.8 Å². The predicted octanol–water partition coefficient (Wildman–Crippen LogP) is 4.03. The van der Waals surface area contributed by atoms with Crippen molar-refractivity contribution in [2.75, 3.05) is 5.06 Å². The molecule has 2 atom stereocenters. The molecule has 1 heterocycles. The van der Waals surface area contributed by atoms with Crippen LogP contribution in [0.15, 0.2) is 24.3 Å². The second kappa shape index (κ2) is 6.33. The quantitative estimate of drug-likeness (QED) is 0.862. The van der Waals surface area contributed by atoms with Crippen LogP contribution in [0.3, 0.4) is 0 Å². The first-order valence-electron chi connectivity index (χ1n) is 8.49. The van der Waals surface area contributed by atoms with E-state index in [1.807, 2.05) is 41.5 Å². The van der Waals surface area contributed by atoms with Gasteiger partial charge in [0.1, 0.15) is 6.04 Å². The van der Waals surface area contributed by atoms with E-state index in [0.29, 0.717) is 11.3 Å². The van der Waals surface area contributed by atoms with Crippen LogP contribution in [-0.4, -0.2) is 44.7 Å². The monoisotopic (exact) mass is 348 g/mol. The van der Waals surface area contributed by atoms with Crippen LogP contribution >= 0.6 is 0 Å². The zero-order chi connectivity index (χ0) is 19.2. The lowest BCUT2D eigenvalue weighted by atomic mass is 9.79. The lowest BCUT2D eigenvalue weighted by Gasteiger charge is -2.46. The molecule has 0 radical (unpaired) electrons. The standard InChI is InChI=1S/C19H28N2O4/c1-18(2,3)15(20(17(23)24)19(4,5)6)11-14-16(22)12-9-7-8-10-13(12)21(14)25/h7-10,14-15,25H,11H2,1-6H3,(H,23,24). The summed E-state index contributed by atoms with van der Waals surface area (Å²) >= 11 is 0. The van der Waals surface area contributed by atoms with E-state index >= 15 is 0 Å². The van der Waals surface area contributed by atoms with E-state index in [2.05, 4.69) is 0 Å². The Morgan fingerprint density at radius 1 is 1.20 bits per heavy atom. The Balaban J connectivity index is 2.40. The normalized spacial score (nSPS) is 18.9. The van der Waals surface area contributed by atoms with Gasteiger partial charge < -0.3 is 5.11 Å². The van der Waals surface area contributed by atoms with E-state index in [1.165, 1.54) is 4.90 Å². The maximum Gasteiger partial charge on any atom is 0.408 e. The fourth-order valence-electron chi connectivity index (χ4n) is 3.49. The molecule has 0 saturated carbocycles. The van der Waals surface area contributed by atoms with E-state index in [0.717, 1.165) is 5.06 Å². The minimum Gasteiger partial charge on any atom is -0.465 e. The number of benzene rings is 1. The number of rotatable bonds is 3. The van der Waals surface area contributed by atoms with Gasteiger partial charge in [0, 0.05) is 17.1 Å². The highest BCUT2D eigenvalue weighted by Crippen LogP contribution is 2.38. The first-order valence-corrected chi connectivity index (χ1v) is 8.49. The molecule has 6 nitrogen and oxygen atoms in total. The van der Waals surface area contributed by atoms with Crippen LogP contribution in [0.25, 0.3) is 0 Å². The number of hydrogen-bond donors (Lipinski definition) is 2. The molecule has 25 heavy (non-hydrogen) atoms. The summed E-state index contributed by atoms with van der Waals surface area (Å²) in [6, 6.07) is 5.67. The number of fused-ring (bicyclic) bond motifs is 1. The van der Waals surface area contributed by atoms with Gasteiger partial charge in [-0.1, -0.05) is 32.9 Å². The summed E-state index contributed by atoms with van der Waals surface area (Å²) in [4.78, 5) is 26.1. The molecule has 6 heteroatoms. The van der Waals surface area contributed by atoms with Gasteiger partial charge in [-0.05, 0) is 44.7 Å². The number of carbonyl (C=O) groups excluding carboxylic acids is 1. The van der Waals surface area contributed by atoms with E-state index in [1.54, 1.807) is 24.3 Å². The zero-order valence-corrected chi connectivity index (χ0v) is 15.8. The van der Waals surface area contributed by atoms with Crippen LogP contribution < -0.4 is 5.06 Å². The van der Waals surface area contributed by atoms with Crippen LogP contribution in [0.4, 0.5) is 10.5 Å². The van der Waals surface area contributed by atoms with Crippen LogP contribution in [0.2, 0.25) is 0 Å². The Kier molecular flexibility index (Phi) is 4.88. The predicted molar refractivity (Wildman–Crippen MR) is 96.3 cm³/mol. The van der Waals surface area contributed by atoms with E-state index < -0.39 is 29.1 Å². The summed E-state index contributed by atoms with van der Waals surface area (Å²) in [5.74, 6) is -0.174. The van der Waals surface area contributed by atoms with Gasteiger partial charge in [-0.3, -0.25) is 14.9 Å². The van der Waals surface area contributed by atoms with Gasteiger partial charge in [-0.2, -0.15) is 0 Å². The number of ketones is 1. The molecule has 1 aromatic carbocycles. The lowest BCUT2D eigenvalue weighted by molar-refractivity contribution is 0.0177. The van der Waals surface area contributed by atoms with Crippen molar-refractivity contribution in [2.45, 2.75) is 65.6 Å². The number of hydrogen-bond acceptors (Lipinski definition) is 4. The number of Topliss-reactive ketones (excluding diaryl/α,β-unsaturated/α-hetero) is 1. The summed E-state index contributed by atoms with van der Waals surface area (Å²) in [7, 11) is 0.